The van der Waals surface area contributed by atoms with Crippen molar-refractivity contribution in [2.75, 3.05) is 26.6 Å². The van der Waals surface area contributed by atoms with Crippen LogP contribution in [0.15, 0.2) is 24.3 Å². The summed E-state index contributed by atoms with van der Waals surface area (Å²) in [6.07, 6.45) is 1.21. The molecule has 8 heteroatoms. The third kappa shape index (κ3) is 3.52. The molecule has 1 aromatic carbocycles. The number of ether oxygens (including phenoxy) is 3. The topological polar surface area (TPSA) is 90.9 Å². The van der Waals surface area contributed by atoms with Gasteiger partial charge in [0.25, 0.3) is 5.91 Å². The van der Waals surface area contributed by atoms with Crippen LogP contribution in [-0.2, 0) is 20.7 Å². The van der Waals surface area contributed by atoms with Gasteiger partial charge in [0.2, 0.25) is 0 Å². The second-order valence-electron chi connectivity index (χ2n) is 5.94. The third-order valence-electron chi connectivity index (χ3n) is 4.46. The van der Waals surface area contributed by atoms with Crippen molar-refractivity contribution in [1.82, 2.24) is 0 Å². The van der Waals surface area contributed by atoms with Gasteiger partial charge in [-0.25, -0.2) is 4.79 Å². The first-order valence-corrected chi connectivity index (χ1v) is 9.08. The largest absolute Gasteiger partial charge is 0.497 e. The first-order valence-electron chi connectivity index (χ1n) is 8.27. The number of aryl methyl sites for hydroxylation is 1. The summed E-state index contributed by atoms with van der Waals surface area (Å²) in [4.78, 5) is 38.0. The molecule has 7 nitrogen and oxygen atoms in total. The monoisotopic (exact) mass is 389 g/mol. The van der Waals surface area contributed by atoms with Crippen LogP contribution in [0.2, 0.25) is 0 Å². The lowest BCUT2D eigenvalue weighted by Crippen LogP contribution is -2.17. The minimum absolute atomic E-state index is 0.224. The van der Waals surface area contributed by atoms with E-state index < -0.39 is 17.9 Å². The van der Waals surface area contributed by atoms with Crippen molar-refractivity contribution in [3.8, 4) is 5.75 Å². The zero-order chi connectivity index (χ0) is 19.6. The Hall–Kier alpha value is -2.87. The van der Waals surface area contributed by atoms with E-state index in [1.54, 1.807) is 24.3 Å². The Morgan fingerprint density at radius 2 is 1.93 bits per heavy atom. The van der Waals surface area contributed by atoms with Crippen LogP contribution in [0.5, 0.6) is 5.75 Å². The van der Waals surface area contributed by atoms with E-state index in [4.69, 9.17) is 14.2 Å². The van der Waals surface area contributed by atoms with Crippen molar-refractivity contribution in [3.63, 3.8) is 0 Å². The number of hydrogen-bond acceptors (Lipinski definition) is 7. The van der Waals surface area contributed by atoms with Crippen LogP contribution in [0.1, 0.15) is 43.5 Å². The molecule has 1 heterocycles. The van der Waals surface area contributed by atoms with Crippen molar-refractivity contribution in [3.05, 3.63) is 45.8 Å². The molecule has 0 radical (unpaired) electrons. The first-order chi connectivity index (χ1) is 13.0. The predicted octanol–water partition coefficient (Wildman–Crippen LogP) is 3.00. The van der Waals surface area contributed by atoms with Gasteiger partial charge >= 0.3 is 11.9 Å². The van der Waals surface area contributed by atoms with Gasteiger partial charge in [-0.3, -0.25) is 9.59 Å². The summed E-state index contributed by atoms with van der Waals surface area (Å²) in [5.41, 5.74) is 1.21. The summed E-state index contributed by atoms with van der Waals surface area (Å²) in [7, 11) is 4.10. The zero-order valence-electron chi connectivity index (χ0n) is 15.2. The van der Waals surface area contributed by atoms with Gasteiger partial charge in [0, 0.05) is 10.4 Å². The molecule has 1 aliphatic carbocycles. The van der Waals surface area contributed by atoms with E-state index in [1.807, 2.05) is 0 Å². The molecule has 0 bridgehead atoms. The normalized spacial score (nSPS) is 15.0. The molecule has 0 spiro atoms. The molecule has 0 aliphatic heterocycles. The fraction of sp³-hybridized carbons (Fsp3) is 0.316. The van der Waals surface area contributed by atoms with Crippen molar-refractivity contribution >= 4 is 34.2 Å². The summed E-state index contributed by atoms with van der Waals surface area (Å²) in [5, 5.41) is 3.14. The number of benzene rings is 1. The Balaban J connectivity index is 1.97. The van der Waals surface area contributed by atoms with Gasteiger partial charge in [0.05, 0.1) is 32.8 Å². The number of esters is 2. The molecule has 27 heavy (non-hydrogen) atoms. The van der Waals surface area contributed by atoms with E-state index in [0.29, 0.717) is 34.7 Å². The van der Waals surface area contributed by atoms with Gasteiger partial charge in [-0.2, -0.15) is 0 Å². The molecular formula is C19H19NO6S. The molecule has 1 amide bonds. The van der Waals surface area contributed by atoms with Crippen LogP contribution in [-0.4, -0.2) is 39.2 Å². The standard InChI is InChI=1S/C19H19NO6S/c1-24-11-6-4-5-10(9-11)16(21)20-17-15(19(23)26-3)14-12(18(22)25-2)7-8-13(14)27-17/h4-6,9,12H,7-8H2,1-3H3,(H,20,21)/t12-/m1/s1. The molecule has 1 aliphatic rings. The molecule has 3 rings (SSSR count). The Morgan fingerprint density at radius 1 is 1.15 bits per heavy atom. The number of fused-ring (bicyclic) bond motifs is 1. The maximum absolute atomic E-state index is 12.6. The molecule has 2 aromatic rings. The van der Waals surface area contributed by atoms with Crippen molar-refractivity contribution in [1.29, 1.82) is 0 Å². The second kappa shape index (κ2) is 7.79. The quantitative estimate of drug-likeness (QED) is 0.791. The summed E-state index contributed by atoms with van der Waals surface area (Å²) < 4.78 is 14.9. The molecule has 1 aromatic heterocycles. The van der Waals surface area contributed by atoms with Crippen LogP contribution in [0, 0.1) is 0 Å². The fourth-order valence-electron chi connectivity index (χ4n) is 3.18. The third-order valence-corrected chi connectivity index (χ3v) is 5.65. The molecule has 0 fully saturated rings. The highest BCUT2D eigenvalue weighted by molar-refractivity contribution is 7.17. The van der Waals surface area contributed by atoms with Crippen LogP contribution in [0.4, 0.5) is 5.00 Å². The van der Waals surface area contributed by atoms with Crippen molar-refractivity contribution in [2.45, 2.75) is 18.8 Å². The molecular weight excluding hydrogens is 370 g/mol. The van der Waals surface area contributed by atoms with E-state index in [2.05, 4.69) is 5.32 Å². The van der Waals surface area contributed by atoms with E-state index in [1.165, 1.54) is 32.7 Å². The maximum atomic E-state index is 12.6. The number of carbonyl (C=O) groups excluding carboxylic acids is 3. The zero-order valence-corrected chi connectivity index (χ0v) is 16.0. The number of methoxy groups -OCH3 is 3. The molecule has 0 saturated carbocycles. The lowest BCUT2D eigenvalue weighted by molar-refractivity contribution is -0.142. The van der Waals surface area contributed by atoms with Crippen LogP contribution in [0.25, 0.3) is 0 Å². The SMILES string of the molecule is COC(=O)c1c(NC(=O)c2cccc(OC)c2)sc2c1[C@H](C(=O)OC)CC2. The van der Waals surface area contributed by atoms with E-state index in [9.17, 15) is 14.4 Å². The predicted molar refractivity (Wildman–Crippen MR) is 99.7 cm³/mol. The van der Waals surface area contributed by atoms with E-state index >= 15 is 0 Å². The summed E-state index contributed by atoms with van der Waals surface area (Å²) in [5.74, 6) is -1.35. The van der Waals surface area contributed by atoms with Crippen LogP contribution in [0.3, 0.4) is 0 Å². The van der Waals surface area contributed by atoms with Gasteiger partial charge in [-0.05, 0) is 36.6 Å². The summed E-state index contributed by atoms with van der Waals surface area (Å²) in [6, 6.07) is 6.69. The van der Waals surface area contributed by atoms with Crippen molar-refractivity contribution < 1.29 is 28.6 Å². The van der Waals surface area contributed by atoms with Gasteiger partial charge in [-0.1, -0.05) is 6.07 Å². The number of thiophene rings is 1. The first kappa shape index (κ1) is 18.9. The van der Waals surface area contributed by atoms with Gasteiger partial charge in [-0.15, -0.1) is 11.3 Å². The summed E-state index contributed by atoms with van der Waals surface area (Å²) in [6.45, 7) is 0. The van der Waals surface area contributed by atoms with Gasteiger partial charge in [0.1, 0.15) is 10.8 Å². The Morgan fingerprint density at radius 3 is 2.59 bits per heavy atom. The van der Waals surface area contributed by atoms with Crippen molar-refractivity contribution in [2.24, 2.45) is 0 Å². The van der Waals surface area contributed by atoms with Gasteiger partial charge in [0.15, 0.2) is 0 Å². The molecule has 0 saturated heterocycles. The highest BCUT2D eigenvalue weighted by Crippen LogP contribution is 2.46. The van der Waals surface area contributed by atoms with E-state index in [-0.39, 0.29) is 11.5 Å². The van der Waals surface area contributed by atoms with Crippen LogP contribution < -0.4 is 10.1 Å². The smallest absolute Gasteiger partial charge is 0.341 e. The second-order valence-corrected chi connectivity index (χ2v) is 7.04. The molecule has 1 atom stereocenters. The minimum Gasteiger partial charge on any atom is -0.497 e. The lowest BCUT2D eigenvalue weighted by atomic mass is 9.99. The Bertz CT molecular complexity index is 904. The number of amides is 1. The summed E-state index contributed by atoms with van der Waals surface area (Å²) >= 11 is 1.29. The molecule has 1 N–H and O–H groups in total. The molecule has 142 valence electrons. The number of carbonyl (C=O) groups is 3. The number of rotatable bonds is 5. The Labute approximate surface area is 160 Å². The molecule has 0 unspecified atom stereocenters. The lowest BCUT2D eigenvalue weighted by Gasteiger charge is -2.12. The average molecular weight is 389 g/mol. The van der Waals surface area contributed by atoms with E-state index in [0.717, 1.165) is 4.88 Å². The highest BCUT2D eigenvalue weighted by Gasteiger charge is 2.38. The van der Waals surface area contributed by atoms with Crippen LogP contribution >= 0.6 is 11.3 Å². The number of anilines is 1. The van der Waals surface area contributed by atoms with Gasteiger partial charge < -0.3 is 19.5 Å². The maximum Gasteiger partial charge on any atom is 0.341 e. The highest BCUT2D eigenvalue weighted by atomic mass is 32.1. The minimum atomic E-state index is -0.593. The Kier molecular flexibility index (Phi) is 5.46. The number of nitrogens with one attached hydrogen (secondary N) is 1. The number of hydrogen-bond donors (Lipinski definition) is 1. The average Bonchev–Trinajstić information content (AvgIpc) is 3.25. The fourth-order valence-corrected chi connectivity index (χ4v) is 4.43.